The molecule has 0 aliphatic carbocycles. The summed E-state index contributed by atoms with van der Waals surface area (Å²) < 4.78 is 21.2. The lowest BCUT2D eigenvalue weighted by Crippen LogP contribution is -2.59. The van der Waals surface area contributed by atoms with Crippen molar-refractivity contribution in [1.29, 1.82) is 0 Å². The van der Waals surface area contributed by atoms with Crippen molar-refractivity contribution >= 4 is 16.1 Å². The lowest BCUT2D eigenvalue weighted by molar-refractivity contribution is 0.0960. The van der Waals surface area contributed by atoms with E-state index < -0.39 is 16.1 Å². The second kappa shape index (κ2) is 10.3. The number of unbranched alkanes of at least 4 members (excludes halogenated alkanes) is 2. The van der Waals surface area contributed by atoms with Crippen molar-refractivity contribution in [1.82, 2.24) is 10.2 Å². The highest BCUT2D eigenvalue weighted by atomic mass is 32.2. The summed E-state index contributed by atoms with van der Waals surface area (Å²) in [5, 5.41) is 16.7. The van der Waals surface area contributed by atoms with Crippen LogP contribution in [0.3, 0.4) is 0 Å². The summed E-state index contributed by atoms with van der Waals surface area (Å²) in [6.45, 7) is 4.50. The van der Waals surface area contributed by atoms with E-state index in [4.69, 9.17) is 10.2 Å². The third-order valence-electron chi connectivity index (χ3n) is 3.58. The Morgan fingerprint density at radius 1 is 1.29 bits per heavy atom. The predicted molar refractivity (Wildman–Crippen MR) is 94.2 cm³/mol. The molecule has 4 N–H and O–H groups in total. The molecule has 0 spiro atoms. The third-order valence-corrected chi connectivity index (χ3v) is 4.31. The molecule has 0 unspecified atom stereocenters. The molecule has 2 rings (SSSR count). The van der Waals surface area contributed by atoms with Crippen molar-refractivity contribution in [3.05, 3.63) is 35.9 Å². The van der Waals surface area contributed by atoms with Crippen molar-refractivity contribution in [2.24, 2.45) is 5.14 Å². The molecule has 136 valence electrons. The van der Waals surface area contributed by atoms with Crippen LogP contribution in [-0.2, 0) is 15.8 Å². The van der Waals surface area contributed by atoms with E-state index in [1.54, 1.807) is 24.3 Å². The molecular weight excluding hydrogens is 330 g/mol. The van der Waals surface area contributed by atoms with E-state index in [2.05, 4.69) is 12.2 Å². The van der Waals surface area contributed by atoms with Crippen LogP contribution in [0.15, 0.2) is 30.3 Å². The van der Waals surface area contributed by atoms with Crippen LogP contribution in [0.25, 0.3) is 0 Å². The molecule has 0 radical (unpaired) electrons. The number of carbonyl (C=O) groups is 1. The average Bonchev–Trinajstić information content (AvgIpc) is 2.44. The molecule has 24 heavy (non-hydrogen) atoms. The zero-order chi connectivity index (χ0) is 18.0. The molecule has 0 bridgehead atoms. The lowest BCUT2D eigenvalue weighted by atomic mass is 10.1. The Kier molecular flexibility index (Phi) is 8.73. The Hall–Kier alpha value is -1.64. The van der Waals surface area contributed by atoms with Gasteiger partial charge in [0.05, 0.1) is 5.75 Å². The number of benzene rings is 1. The van der Waals surface area contributed by atoms with Crippen LogP contribution >= 0.6 is 0 Å². The van der Waals surface area contributed by atoms with Gasteiger partial charge < -0.3 is 15.3 Å². The van der Waals surface area contributed by atoms with E-state index in [0.717, 1.165) is 12.1 Å². The van der Waals surface area contributed by atoms with E-state index >= 15 is 0 Å². The minimum atomic E-state index is -3.38. The van der Waals surface area contributed by atoms with Crippen molar-refractivity contribution < 1.29 is 18.3 Å². The van der Waals surface area contributed by atoms with Gasteiger partial charge in [0.1, 0.15) is 0 Å². The Morgan fingerprint density at radius 2 is 1.92 bits per heavy atom. The molecule has 1 aromatic carbocycles. The zero-order valence-corrected chi connectivity index (χ0v) is 14.8. The van der Waals surface area contributed by atoms with Gasteiger partial charge in [-0.05, 0) is 18.5 Å². The fourth-order valence-corrected chi connectivity index (χ4v) is 2.91. The highest BCUT2D eigenvalue weighted by Crippen LogP contribution is 2.07. The molecule has 1 aliphatic heterocycles. The fraction of sp³-hybridized carbons (Fsp3) is 0.562. The summed E-state index contributed by atoms with van der Waals surface area (Å²) in [7, 11) is -3.38. The molecule has 1 aliphatic rings. The fourth-order valence-electron chi connectivity index (χ4n) is 2.25. The maximum Gasteiger partial charge on any atom is 0.407 e. The quantitative estimate of drug-likeness (QED) is 0.642. The van der Waals surface area contributed by atoms with Crippen LogP contribution in [0.1, 0.15) is 31.7 Å². The molecule has 1 aromatic rings. The van der Waals surface area contributed by atoms with Gasteiger partial charge in [-0.25, -0.2) is 18.4 Å². The maximum absolute atomic E-state index is 10.6. The van der Waals surface area contributed by atoms with Gasteiger partial charge in [-0.2, -0.15) is 0 Å². The number of carboxylic acid groups (broad SMARTS) is 1. The Morgan fingerprint density at radius 3 is 2.42 bits per heavy atom. The molecule has 0 aromatic heterocycles. The number of sulfonamides is 1. The maximum atomic E-state index is 10.6. The molecule has 1 saturated heterocycles. The molecule has 8 heteroatoms. The van der Waals surface area contributed by atoms with Gasteiger partial charge in [0.15, 0.2) is 0 Å². The first kappa shape index (κ1) is 20.4. The van der Waals surface area contributed by atoms with Crippen LogP contribution in [0, 0.1) is 0 Å². The van der Waals surface area contributed by atoms with Crippen LogP contribution in [0.2, 0.25) is 0 Å². The summed E-state index contributed by atoms with van der Waals surface area (Å²) in [6.07, 6.45) is 2.88. The van der Waals surface area contributed by atoms with E-state index in [0.29, 0.717) is 19.1 Å². The first-order valence-electron chi connectivity index (χ1n) is 8.07. The summed E-state index contributed by atoms with van der Waals surface area (Å²) in [5.41, 5.74) is 0.718. The molecule has 1 fully saturated rings. The first-order valence-corrected chi connectivity index (χ1v) is 9.79. The Labute approximate surface area is 143 Å². The molecule has 7 nitrogen and oxygen atoms in total. The standard InChI is InChI=1S/C9H18N2O2.C7H9NO2S/c1-2-3-4-5-10-8-6-11(7-8)9(12)13;8-11(9,10)6-7-4-2-1-3-5-7/h8,10H,2-7H2,1H3,(H,12,13);1-5H,6H2,(H2,8,9,10). The number of primary sulfonamides is 1. The smallest absolute Gasteiger partial charge is 0.407 e. The van der Waals surface area contributed by atoms with Crippen molar-refractivity contribution in [2.45, 2.75) is 38.0 Å². The van der Waals surface area contributed by atoms with E-state index in [1.807, 2.05) is 6.07 Å². The largest absolute Gasteiger partial charge is 0.465 e. The minimum absolute atomic E-state index is 0.0894. The van der Waals surface area contributed by atoms with Gasteiger partial charge in [0.2, 0.25) is 10.0 Å². The summed E-state index contributed by atoms with van der Waals surface area (Å²) in [6, 6.07) is 9.23. The average molecular weight is 357 g/mol. The zero-order valence-electron chi connectivity index (χ0n) is 14.0. The first-order chi connectivity index (χ1) is 11.3. The SMILES string of the molecule is CCCCCNC1CN(C(=O)O)C1.NS(=O)(=O)Cc1ccccc1. The highest BCUT2D eigenvalue weighted by molar-refractivity contribution is 7.88. The molecule has 1 heterocycles. The van der Waals surface area contributed by atoms with Crippen LogP contribution in [-0.4, -0.2) is 50.2 Å². The normalized spacial score (nSPS) is 14.5. The summed E-state index contributed by atoms with van der Waals surface area (Å²) >= 11 is 0. The molecule has 0 saturated carbocycles. The van der Waals surface area contributed by atoms with E-state index in [9.17, 15) is 13.2 Å². The number of nitrogens with zero attached hydrogens (tertiary/aromatic N) is 1. The van der Waals surface area contributed by atoms with Crippen LogP contribution < -0.4 is 10.5 Å². The highest BCUT2D eigenvalue weighted by Gasteiger charge is 2.29. The summed E-state index contributed by atoms with van der Waals surface area (Å²) in [4.78, 5) is 11.8. The van der Waals surface area contributed by atoms with Crippen LogP contribution in [0.4, 0.5) is 4.79 Å². The second-order valence-corrected chi connectivity index (χ2v) is 7.45. The lowest BCUT2D eigenvalue weighted by Gasteiger charge is -2.37. The minimum Gasteiger partial charge on any atom is -0.465 e. The molecule has 1 amide bonds. The van der Waals surface area contributed by atoms with Gasteiger partial charge in [-0.15, -0.1) is 0 Å². The number of amides is 1. The molecule has 0 atom stereocenters. The third kappa shape index (κ3) is 8.85. The van der Waals surface area contributed by atoms with Gasteiger partial charge in [0.25, 0.3) is 0 Å². The molecular formula is C16H27N3O4S. The van der Waals surface area contributed by atoms with Gasteiger partial charge >= 0.3 is 6.09 Å². The van der Waals surface area contributed by atoms with E-state index in [1.165, 1.54) is 24.2 Å². The van der Waals surface area contributed by atoms with Gasteiger partial charge in [-0.1, -0.05) is 50.1 Å². The van der Waals surface area contributed by atoms with E-state index in [-0.39, 0.29) is 5.75 Å². The van der Waals surface area contributed by atoms with Gasteiger partial charge in [-0.3, -0.25) is 0 Å². The Balaban J connectivity index is 0.000000243. The number of nitrogens with one attached hydrogen (secondary N) is 1. The Bertz CT molecular complexity index is 587. The van der Waals surface area contributed by atoms with Crippen LogP contribution in [0.5, 0.6) is 0 Å². The number of hydrogen-bond acceptors (Lipinski definition) is 4. The number of likely N-dealkylation sites (tertiary alicyclic amines) is 1. The van der Waals surface area contributed by atoms with Crippen molar-refractivity contribution in [3.8, 4) is 0 Å². The van der Waals surface area contributed by atoms with Gasteiger partial charge in [0, 0.05) is 19.1 Å². The monoisotopic (exact) mass is 357 g/mol. The number of nitrogens with two attached hydrogens (primary N) is 1. The topological polar surface area (TPSA) is 113 Å². The van der Waals surface area contributed by atoms with Crippen molar-refractivity contribution in [3.63, 3.8) is 0 Å². The van der Waals surface area contributed by atoms with Crippen molar-refractivity contribution in [2.75, 3.05) is 19.6 Å². The predicted octanol–water partition coefficient (Wildman–Crippen LogP) is 1.60. The second-order valence-electron chi connectivity index (χ2n) is 5.84. The number of rotatable bonds is 7. The summed E-state index contributed by atoms with van der Waals surface area (Å²) in [5.74, 6) is -0.0894. The number of hydrogen-bond donors (Lipinski definition) is 3.